The van der Waals surface area contributed by atoms with E-state index in [0.29, 0.717) is 0 Å². The highest BCUT2D eigenvalue weighted by molar-refractivity contribution is 7.09. The van der Waals surface area contributed by atoms with Crippen LogP contribution in [0.15, 0.2) is 34.6 Å². The second-order valence-electron chi connectivity index (χ2n) is 7.49. The van der Waals surface area contributed by atoms with Gasteiger partial charge in [0, 0.05) is 64.7 Å². The highest BCUT2D eigenvalue weighted by Crippen LogP contribution is 2.10. The van der Waals surface area contributed by atoms with Crippen molar-refractivity contribution in [2.24, 2.45) is 4.99 Å². The first kappa shape index (κ1) is 21.7. The van der Waals surface area contributed by atoms with Crippen molar-refractivity contribution in [2.45, 2.75) is 33.4 Å². The molecule has 0 atom stereocenters. The Bertz CT molecular complexity index is 762. The van der Waals surface area contributed by atoms with Gasteiger partial charge in [-0.1, -0.05) is 31.2 Å². The molecule has 1 aromatic heterocycles. The van der Waals surface area contributed by atoms with Crippen molar-refractivity contribution in [1.29, 1.82) is 0 Å². The number of guanidine groups is 1. The van der Waals surface area contributed by atoms with Gasteiger partial charge in [-0.05, 0) is 24.6 Å². The van der Waals surface area contributed by atoms with Crippen molar-refractivity contribution in [3.8, 4) is 0 Å². The van der Waals surface area contributed by atoms with Gasteiger partial charge < -0.3 is 15.5 Å². The van der Waals surface area contributed by atoms with Crippen LogP contribution in [0.4, 0.5) is 0 Å². The van der Waals surface area contributed by atoms with Crippen molar-refractivity contribution < 1.29 is 0 Å². The Morgan fingerprint density at radius 2 is 1.76 bits per heavy atom. The third-order valence-electron chi connectivity index (χ3n) is 5.37. The normalized spacial score (nSPS) is 16.2. The summed E-state index contributed by atoms with van der Waals surface area (Å²) in [5.41, 5.74) is 3.80. The Labute approximate surface area is 179 Å². The predicted molar refractivity (Wildman–Crippen MR) is 123 cm³/mol. The molecule has 1 aliphatic heterocycles. The van der Waals surface area contributed by atoms with Gasteiger partial charge in [-0.15, -0.1) is 11.3 Å². The molecule has 0 radical (unpaired) electrons. The average molecular weight is 415 g/mol. The minimum absolute atomic E-state index is 0.769. The first-order chi connectivity index (χ1) is 14.2. The van der Waals surface area contributed by atoms with Crippen LogP contribution in [-0.4, -0.2) is 67.1 Å². The Hall–Kier alpha value is -1.96. The predicted octanol–water partition coefficient (Wildman–Crippen LogP) is 2.50. The summed E-state index contributed by atoms with van der Waals surface area (Å²) in [4.78, 5) is 13.9. The molecule has 1 aromatic carbocycles. The van der Waals surface area contributed by atoms with E-state index in [2.05, 4.69) is 67.0 Å². The SMILES string of the molecule is CCN1CCN(Cc2ccc(CNC(=NC)NCCc3csc(C)n3)cc2)CC1. The van der Waals surface area contributed by atoms with Gasteiger partial charge in [0.15, 0.2) is 5.96 Å². The van der Waals surface area contributed by atoms with Gasteiger partial charge in [-0.25, -0.2) is 4.98 Å². The number of nitrogens with one attached hydrogen (secondary N) is 2. The van der Waals surface area contributed by atoms with Gasteiger partial charge in [-0.3, -0.25) is 9.89 Å². The molecule has 2 heterocycles. The van der Waals surface area contributed by atoms with Crippen molar-refractivity contribution >= 4 is 17.3 Å². The van der Waals surface area contributed by atoms with E-state index in [4.69, 9.17) is 0 Å². The van der Waals surface area contributed by atoms with Gasteiger partial charge in [-0.2, -0.15) is 0 Å². The smallest absolute Gasteiger partial charge is 0.191 e. The van der Waals surface area contributed by atoms with Crippen molar-refractivity contribution in [3.63, 3.8) is 0 Å². The number of hydrogen-bond donors (Lipinski definition) is 2. The lowest BCUT2D eigenvalue weighted by Crippen LogP contribution is -2.45. The summed E-state index contributed by atoms with van der Waals surface area (Å²) in [6.45, 7) is 12.8. The van der Waals surface area contributed by atoms with Crippen LogP contribution in [0.2, 0.25) is 0 Å². The Balaban J connectivity index is 1.38. The first-order valence-corrected chi connectivity index (χ1v) is 11.4. The molecule has 7 heteroatoms. The van der Waals surface area contributed by atoms with Crippen LogP contribution >= 0.6 is 11.3 Å². The van der Waals surface area contributed by atoms with Gasteiger partial charge in [0.2, 0.25) is 0 Å². The molecule has 1 aliphatic rings. The highest BCUT2D eigenvalue weighted by atomic mass is 32.1. The molecule has 0 amide bonds. The fourth-order valence-electron chi connectivity index (χ4n) is 3.52. The highest BCUT2D eigenvalue weighted by Gasteiger charge is 2.15. The molecule has 2 aromatic rings. The van der Waals surface area contributed by atoms with E-state index in [0.717, 1.165) is 49.3 Å². The molecule has 2 N–H and O–H groups in total. The summed E-state index contributed by atoms with van der Waals surface area (Å²) >= 11 is 1.70. The lowest BCUT2D eigenvalue weighted by Gasteiger charge is -2.34. The van der Waals surface area contributed by atoms with Crippen molar-refractivity contribution in [2.75, 3.05) is 46.3 Å². The molecule has 29 heavy (non-hydrogen) atoms. The maximum Gasteiger partial charge on any atom is 0.191 e. The fraction of sp³-hybridized carbons (Fsp3) is 0.545. The van der Waals surface area contributed by atoms with Crippen molar-refractivity contribution in [1.82, 2.24) is 25.4 Å². The Morgan fingerprint density at radius 1 is 1.07 bits per heavy atom. The second kappa shape index (κ2) is 11.3. The largest absolute Gasteiger partial charge is 0.356 e. The quantitative estimate of drug-likeness (QED) is 0.513. The van der Waals surface area contributed by atoms with Gasteiger partial charge in [0.25, 0.3) is 0 Å². The summed E-state index contributed by atoms with van der Waals surface area (Å²) < 4.78 is 0. The third-order valence-corrected chi connectivity index (χ3v) is 6.19. The topological polar surface area (TPSA) is 55.8 Å². The van der Waals surface area contributed by atoms with Crippen LogP contribution in [0.25, 0.3) is 0 Å². The maximum absolute atomic E-state index is 4.50. The van der Waals surface area contributed by atoms with E-state index < -0.39 is 0 Å². The van der Waals surface area contributed by atoms with Crippen LogP contribution in [-0.2, 0) is 19.5 Å². The number of benzene rings is 1. The molecule has 0 spiro atoms. The molecule has 3 rings (SSSR count). The van der Waals surface area contributed by atoms with Gasteiger partial charge in [0.05, 0.1) is 10.7 Å². The zero-order chi connectivity index (χ0) is 20.5. The Kier molecular flexibility index (Phi) is 8.46. The van der Waals surface area contributed by atoms with E-state index in [1.54, 1.807) is 11.3 Å². The van der Waals surface area contributed by atoms with Gasteiger partial charge >= 0.3 is 0 Å². The molecule has 0 bridgehead atoms. The first-order valence-electron chi connectivity index (χ1n) is 10.5. The average Bonchev–Trinajstić information content (AvgIpc) is 3.17. The minimum atomic E-state index is 0.769. The molecule has 0 aliphatic carbocycles. The third kappa shape index (κ3) is 7.10. The molecule has 0 saturated carbocycles. The van der Waals surface area contributed by atoms with E-state index >= 15 is 0 Å². The number of thiazole rings is 1. The molecule has 0 unspecified atom stereocenters. The molecule has 158 valence electrons. The monoisotopic (exact) mass is 414 g/mol. The van der Waals surface area contributed by atoms with E-state index in [1.807, 2.05) is 14.0 Å². The Morgan fingerprint density at radius 3 is 2.38 bits per heavy atom. The summed E-state index contributed by atoms with van der Waals surface area (Å²) in [6.07, 6.45) is 0.909. The summed E-state index contributed by atoms with van der Waals surface area (Å²) in [5, 5.41) is 10.0. The number of aliphatic imine (C=N–C) groups is 1. The van der Waals surface area contributed by atoms with E-state index in [1.165, 1.54) is 37.3 Å². The van der Waals surface area contributed by atoms with E-state index in [9.17, 15) is 0 Å². The van der Waals surface area contributed by atoms with Gasteiger partial charge in [0.1, 0.15) is 0 Å². The minimum Gasteiger partial charge on any atom is -0.356 e. The summed E-state index contributed by atoms with van der Waals surface area (Å²) in [5.74, 6) is 0.829. The molecule has 6 nitrogen and oxygen atoms in total. The fourth-order valence-corrected chi connectivity index (χ4v) is 4.17. The summed E-state index contributed by atoms with van der Waals surface area (Å²) in [6, 6.07) is 8.94. The number of hydrogen-bond acceptors (Lipinski definition) is 5. The standard InChI is InChI=1S/C22H34N6S/c1-4-27-11-13-28(14-12-27)16-20-7-5-19(6-8-20)15-25-22(23-3)24-10-9-21-17-29-18(2)26-21/h5-8,17H,4,9-16H2,1-3H3,(H2,23,24,25). The van der Waals surface area contributed by atoms with E-state index in [-0.39, 0.29) is 0 Å². The van der Waals surface area contributed by atoms with Crippen LogP contribution < -0.4 is 10.6 Å². The second-order valence-corrected chi connectivity index (χ2v) is 8.55. The molecule has 1 fully saturated rings. The molecular weight excluding hydrogens is 380 g/mol. The van der Waals surface area contributed by atoms with Crippen LogP contribution in [0, 0.1) is 6.92 Å². The summed E-state index contributed by atoms with van der Waals surface area (Å²) in [7, 11) is 1.81. The molecular formula is C22H34N6S. The number of rotatable bonds is 8. The lowest BCUT2D eigenvalue weighted by molar-refractivity contribution is 0.132. The van der Waals surface area contributed by atoms with Crippen molar-refractivity contribution in [3.05, 3.63) is 51.5 Å². The zero-order valence-corrected chi connectivity index (χ0v) is 18.8. The maximum atomic E-state index is 4.50. The lowest BCUT2D eigenvalue weighted by atomic mass is 10.1. The number of aryl methyl sites for hydroxylation is 1. The number of nitrogens with zero attached hydrogens (tertiary/aromatic N) is 4. The number of aromatic nitrogens is 1. The number of piperazine rings is 1. The number of likely N-dealkylation sites (N-methyl/N-ethyl adjacent to an activating group) is 1. The van der Waals surface area contributed by atoms with Crippen LogP contribution in [0.3, 0.4) is 0 Å². The van der Waals surface area contributed by atoms with Crippen LogP contribution in [0.5, 0.6) is 0 Å². The van der Waals surface area contributed by atoms with Crippen LogP contribution in [0.1, 0.15) is 28.8 Å². The zero-order valence-electron chi connectivity index (χ0n) is 17.9. The molecule has 1 saturated heterocycles.